The van der Waals surface area contributed by atoms with Crippen molar-refractivity contribution < 1.29 is 0 Å². The van der Waals surface area contributed by atoms with Gasteiger partial charge in [-0.3, -0.25) is 0 Å². The molecule has 0 saturated carbocycles. The molecule has 1 aromatic rings. The molecule has 2 nitrogen and oxygen atoms in total. The lowest BCUT2D eigenvalue weighted by molar-refractivity contribution is 0.495. The van der Waals surface area contributed by atoms with Crippen molar-refractivity contribution in [2.45, 2.75) is 45.7 Å². The number of benzene rings is 1. The summed E-state index contributed by atoms with van der Waals surface area (Å²) in [5.74, 6) is 0. The van der Waals surface area contributed by atoms with Crippen molar-refractivity contribution in [1.82, 2.24) is 5.32 Å². The molecule has 0 aliphatic rings. The van der Waals surface area contributed by atoms with E-state index in [9.17, 15) is 0 Å². The van der Waals surface area contributed by atoms with E-state index < -0.39 is 0 Å². The summed E-state index contributed by atoms with van der Waals surface area (Å²) in [6.07, 6.45) is 3.75. The molecular weight excluding hydrogens is 220 g/mol. The lowest BCUT2D eigenvalue weighted by Crippen LogP contribution is -2.25. The fraction of sp³-hybridized carbons (Fsp3) is 0.538. The van der Waals surface area contributed by atoms with Crippen molar-refractivity contribution in [2.75, 3.05) is 5.73 Å². The Bertz CT molecular complexity index is 326. The van der Waals surface area contributed by atoms with Gasteiger partial charge in [-0.05, 0) is 31.0 Å². The van der Waals surface area contributed by atoms with Crippen LogP contribution in [0.15, 0.2) is 18.2 Å². The van der Waals surface area contributed by atoms with Gasteiger partial charge in [0.1, 0.15) is 0 Å². The number of anilines is 1. The van der Waals surface area contributed by atoms with Gasteiger partial charge >= 0.3 is 0 Å². The van der Waals surface area contributed by atoms with E-state index in [1.807, 2.05) is 18.2 Å². The molecule has 0 radical (unpaired) electrons. The van der Waals surface area contributed by atoms with Crippen LogP contribution < -0.4 is 11.1 Å². The van der Waals surface area contributed by atoms with Crippen LogP contribution in [0.1, 0.15) is 38.7 Å². The Morgan fingerprint density at radius 1 is 1.44 bits per heavy atom. The van der Waals surface area contributed by atoms with Gasteiger partial charge in [-0.15, -0.1) is 0 Å². The molecule has 0 aliphatic carbocycles. The molecule has 0 saturated heterocycles. The number of nitrogens with one attached hydrogen (secondary N) is 1. The number of nitrogen functional groups attached to an aromatic ring is 1. The molecule has 0 aliphatic heterocycles. The standard InChI is InChI=1S/C13H21ClN2/c1-3-4-5-10(2)16-9-11-6-7-13(15)12(14)8-11/h6-8,10,16H,3-5,9,15H2,1-2H3. The minimum absolute atomic E-state index is 0.552. The van der Waals surface area contributed by atoms with Gasteiger partial charge in [0.25, 0.3) is 0 Å². The highest BCUT2D eigenvalue weighted by Gasteiger charge is 2.02. The van der Waals surface area contributed by atoms with Crippen molar-refractivity contribution in [1.29, 1.82) is 0 Å². The van der Waals surface area contributed by atoms with E-state index in [0.29, 0.717) is 16.8 Å². The van der Waals surface area contributed by atoms with Gasteiger partial charge < -0.3 is 11.1 Å². The molecule has 16 heavy (non-hydrogen) atoms. The SMILES string of the molecule is CCCCC(C)NCc1ccc(N)c(Cl)c1. The lowest BCUT2D eigenvalue weighted by Gasteiger charge is -2.13. The smallest absolute Gasteiger partial charge is 0.0638 e. The Balaban J connectivity index is 2.39. The third-order valence-corrected chi connectivity index (χ3v) is 3.04. The van der Waals surface area contributed by atoms with Crippen LogP contribution in [0.25, 0.3) is 0 Å². The molecule has 3 N–H and O–H groups in total. The first-order chi connectivity index (χ1) is 7.63. The highest BCUT2D eigenvalue weighted by Crippen LogP contribution is 2.19. The van der Waals surface area contributed by atoms with Crippen molar-refractivity contribution in [3.8, 4) is 0 Å². The molecule has 1 aromatic carbocycles. The number of nitrogens with two attached hydrogens (primary N) is 1. The van der Waals surface area contributed by atoms with Gasteiger partial charge in [-0.25, -0.2) is 0 Å². The zero-order valence-corrected chi connectivity index (χ0v) is 10.8. The highest BCUT2D eigenvalue weighted by atomic mass is 35.5. The molecule has 1 atom stereocenters. The van der Waals surface area contributed by atoms with Crippen molar-refractivity contribution in [2.24, 2.45) is 0 Å². The Labute approximate surface area is 103 Å². The van der Waals surface area contributed by atoms with Crippen molar-refractivity contribution in [3.63, 3.8) is 0 Å². The molecule has 0 amide bonds. The molecule has 0 heterocycles. The Kier molecular flexibility index (Phi) is 5.64. The topological polar surface area (TPSA) is 38.0 Å². The van der Waals surface area contributed by atoms with Gasteiger partial charge in [0, 0.05) is 12.6 Å². The maximum atomic E-state index is 5.96. The van der Waals surface area contributed by atoms with E-state index in [4.69, 9.17) is 17.3 Å². The summed E-state index contributed by atoms with van der Waals surface area (Å²) >= 11 is 5.96. The first-order valence-electron chi connectivity index (χ1n) is 5.90. The first kappa shape index (κ1) is 13.3. The normalized spacial score (nSPS) is 12.7. The van der Waals surface area contributed by atoms with E-state index in [1.165, 1.54) is 24.8 Å². The molecule has 0 bridgehead atoms. The first-order valence-corrected chi connectivity index (χ1v) is 6.28. The van der Waals surface area contributed by atoms with Crippen LogP contribution >= 0.6 is 11.6 Å². The van der Waals surface area contributed by atoms with Crippen LogP contribution in [0.4, 0.5) is 5.69 Å². The summed E-state index contributed by atoms with van der Waals surface area (Å²) in [7, 11) is 0. The quantitative estimate of drug-likeness (QED) is 0.746. The van der Waals surface area contributed by atoms with E-state index >= 15 is 0 Å². The van der Waals surface area contributed by atoms with Gasteiger partial charge in [0.15, 0.2) is 0 Å². The second-order valence-corrected chi connectivity index (χ2v) is 4.69. The maximum absolute atomic E-state index is 5.96. The zero-order valence-electron chi connectivity index (χ0n) is 10.1. The molecule has 0 fully saturated rings. The summed E-state index contributed by atoms with van der Waals surface area (Å²) in [6, 6.07) is 6.35. The predicted molar refractivity (Wildman–Crippen MR) is 71.7 cm³/mol. The summed E-state index contributed by atoms with van der Waals surface area (Å²) in [5.41, 5.74) is 7.48. The van der Waals surface area contributed by atoms with E-state index in [0.717, 1.165) is 6.54 Å². The van der Waals surface area contributed by atoms with Crippen molar-refractivity contribution in [3.05, 3.63) is 28.8 Å². The number of hydrogen-bond acceptors (Lipinski definition) is 2. The average Bonchev–Trinajstić information content (AvgIpc) is 2.28. The third-order valence-electron chi connectivity index (χ3n) is 2.71. The van der Waals surface area contributed by atoms with Gasteiger partial charge in [-0.2, -0.15) is 0 Å². The zero-order chi connectivity index (χ0) is 12.0. The summed E-state index contributed by atoms with van der Waals surface area (Å²) in [5, 5.41) is 4.12. The lowest BCUT2D eigenvalue weighted by atomic mass is 10.1. The average molecular weight is 241 g/mol. The Morgan fingerprint density at radius 3 is 2.81 bits per heavy atom. The minimum Gasteiger partial charge on any atom is -0.398 e. The minimum atomic E-state index is 0.552. The van der Waals surface area contributed by atoms with E-state index in [2.05, 4.69) is 19.2 Å². The summed E-state index contributed by atoms with van der Waals surface area (Å²) < 4.78 is 0. The highest BCUT2D eigenvalue weighted by molar-refractivity contribution is 6.33. The third kappa shape index (κ3) is 4.42. The molecule has 1 rings (SSSR count). The number of halogens is 1. The van der Waals surface area contributed by atoms with Crippen LogP contribution in [0.2, 0.25) is 5.02 Å². The van der Waals surface area contributed by atoms with Gasteiger partial charge in [-0.1, -0.05) is 37.4 Å². The fourth-order valence-corrected chi connectivity index (χ4v) is 1.79. The molecule has 0 aromatic heterocycles. The molecule has 90 valence electrons. The summed E-state index contributed by atoms with van der Waals surface area (Å²) in [4.78, 5) is 0. The van der Waals surface area contributed by atoms with Crippen LogP contribution in [0.3, 0.4) is 0 Å². The largest absolute Gasteiger partial charge is 0.398 e. The second kappa shape index (κ2) is 6.77. The van der Waals surface area contributed by atoms with Crippen LogP contribution in [-0.2, 0) is 6.54 Å². The second-order valence-electron chi connectivity index (χ2n) is 4.28. The molecule has 1 unspecified atom stereocenters. The number of unbranched alkanes of at least 4 members (excludes halogenated alkanes) is 1. The molecule has 0 spiro atoms. The fourth-order valence-electron chi connectivity index (χ4n) is 1.59. The van der Waals surface area contributed by atoms with Gasteiger partial charge in [0.05, 0.1) is 10.7 Å². The van der Waals surface area contributed by atoms with E-state index in [-0.39, 0.29) is 0 Å². The monoisotopic (exact) mass is 240 g/mol. The Morgan fingerprint density at radius 2 is 2.19 bits per heavy atom. The summed E-state index contributed by atoms with van der Waals surface area (Å²) in [6.45, 7) is 5.28. The number of hydrogen-bond donors (Lipinski definition) is 2. The predicted octanol–water partition coefficient (Wildman–Crippen LogP) is 3.59. The number of rotatable bonds is 6. The van der Waals surface area contributed by atoms with Crippen molar-refractivity contribution >= 4 is 17.3 Å². The van der Waals surface area contributed by atoms with Crippen LogP contribution in [-0.4, -0.2) is 6.04 Å². The van der Waals surface area contributed by atoms with Crippen LogP contribution in [0, 0.1) is 0 Å². The maximum Gasteiger partial charge on any atom is 0.0638 e. The van der Waals surface area contributed by atoms with Gasteiger partial charge in [0.2, 0.25) is 0 Å². The molecule has 3 heteroatoms. The van der Waals surface area contributed by atoms with Crippen LogP contribution in [0.5, 0.6) is 0 Å². The van der Waals surface area contributed by atoms with E-state index in [1.54, 1.807) is 0 Å². The molecular formula is C13H21ClN2. The Hall–Kier alpha value is -0.730.